The molecule has 0 atom stereocenters. The molecular formula is C25H27N3O5S+2. The molecule has 2 aromatic carbocycles. The number of aromatic nitrogens is 1. The molecular weight excluding hydrogens is 454 g/mol. The highest BCUT2D eigenvalue weighted by Crippen LogP contribution is 2.39. The number of anilines is 1. The molecule has 4 rings (SSSR count). The van der Waals surface area contributed by atoms with E-state index in [1.807, 2.05) is 55.5 Å². The van der Waals surface area contributed by atoms with Gasteiger partial charge in [0.25, 0.3) is 12.1 Å². The molecule has 0 spiro atoms. The first-order chi connectivity index (χ1) is 16.4. The van der Waals surface area contributed by atoms with Crippen molar-refractivity contribution >= 4 is 40.8 Å². The Labute approximate surface area is 202 Å². The van der Waals surface area contributed by atoms with Crippen molar-refractivity contribution in [3.8, 4) is 5.75 Å². The summed E-state index contributed by atoms with van der Waals surface area (Å²) in [5, 5.41) is 0. The fourth-order valence-electron chi connectivity index (χ4n) is 3.83. The number of amides is 1. The lowest BCUT2D eigenvalue weighted by Crippen LogP contribution is -2.42. The number of nitrogens with zero attached hydrogens (tertiary/aromatic N) is 3. The largest absolute Gasteiger partial charge is 0.556 e. The minimum Gasteiger partial charge on any atom is -0.439 e. The Hall–Kier alpha value is -3.59. The van der Waals surface area contributed by atoms with Crippen molar-refractivity contribution in [3.05, 3.63) is 76.4 Å². The van der Waals surface area contributed by atoms with E-state index < -0.39 is 5.91 Å². The summed E-state index contributed by atoms with van der Waals surface area (Å²) in [4.78, 5) is 26.4. The van der Waals surface area contributed by atoms with Crippen LogP contribution in [0.3, 0.4) is 0 Å². The molecule has 1 amide bonds. The van der Waals surface area contributed by atoms with Crippen molar-refractivity contribution in [3.63, 3.8) is 0 Å². The number of fused-ring (bicyclic) bond motifs is 2. The van der Waals surface area contributed by atoms with E-state index in [2.05, 4.69) is 24.8 Å². The monoisotopic (exact) mass is 481 g/mol. The van der Waals surface area contributed by atoms with Crippen LogP contribution in [0.15, 0.2) is 64.4 Å². The van der Waals surface area contributed by atoms with Gasteiger partial charge in [0.05, 0.1) is 16.7 Å². The summed E-state index contributed by atoms with van der Waals surface area (Å²) >= 11 is 0.810. The van der Waals surface area contributed by atoms with Gasteiger partial charge in [0.1, 0.15) is 12.0 Å². The Morgan fingerprint density at radius 3 is 2.76 bits per heavy atom. The van der Waals surface area contributed by atoms with Crippen molar-refractivity contribution in [2.75, 3.05) is 17.7 Å². The number of carbonyl (C=O) groups is 1. The fraction of sp³-hybridized carbons (Fsp3) is 0.280. The first-order valence-electron chi connectivity index (χ1n) is 11.1. The van der Waals surface area contributed by atoms with Gasteiger partial charge < -0.3 is 14.1 Å². The lowest BCUT2D eigenvalue weighted by atomic mass is 10.1. The molecule has 9 heteroatoms. The van der Waals surface area contributed by atoms with Gasteiger partial charge in [-0.2, -0.15) is 0 Å². The maximum absolute atomic E-state index is 12.4. The molecule has 0 N–H and O–H groups in total. The Bertz CT molecular complexity index is 1310. The van der Waals surface area contributed by atoms with Crippen molar-refractivity contribution in [2.45, 2.75) is 33.7 Å². The lowest BCUT2D eigenvalue weighted by molar-refractivity contribution is -0.724. The van der Waals surface area contributed by atoms with E-state index >= 15 is 0 Å². The van der Waals surface area contributed by atoms with Gasteiger partial charge in [-0.25, -0.2) is 4.79 Å². The van der Waals surface area contributed by atoms with Gasteiger partial charge in [-0.3, -0.25) is 0 Å². The van der Waals surface area contributed by atoms with Gasteiger partial charge in [0.15, 0.2) is 5.75 Å². The van der Waals surface area contributed by atoms with Gasteiger partial charge in [-0.15, -0.1) is 8.85 Å². The van der Waals surface area contributed by atoms with Crippen LogP contribution >= 0.6 is 12.0 Å². The van der Waals surface area contributed by atoms with E-state index in [9.17, 15) is 9.70 Å². The van der Waals surface area contributed by atoms with Crippen LogP contribution in [0.4, 0.5) is 5.69 Å². The predicted octanol–water partition coefficient (Wildman–Crippen LogP) is 5.10. The second-order valence-electron chi connectivity index (χ2n) is 7.76. The minimum absolute atomic E-state index is 0.0135. The second kappa shape index (κ2) is 10.1. The molecule has 0 saturated heterocycles. The Balaban J connectivity index is 1.72. The third-order valence-electron chi connectivity index (χ3n) is 5.50. The van der Waals surface area contributed by atoms with Gasteiger partial charge in [-0.05, 0) is 49.6 Å². The summed E-state index contributed by atoms with van der Waals surface area (Å²) in [6.07, 6.45) is 6.12. The van der Waals surface area contributed by atoms with Gasteiger partial charge in [-0.1, -0.05) is 25.1 Å². The van der Waals surface area contributed by atoms with E-state index in [4.69, 9.17) is 13.4 Å². The quantitative estimate of drug-likeness (QED) is 0.252. The zero-order chi connectivity index (χ0) is 24.2. The van der Waals surface area contributed by atoms with Crippen LogP contribution in [-0.2, 0) is 15.6 Å². The standard InChI is InChI=1S/C25H27N3O5S/c1-5-18(14-24-26(6-2)20-13-17(3)11-12-22(20)32-24)15-25-27(16-23(29)28(30)33-34-4)19-9-7-8-10-21(19)31-25/h7-15H,5-6,16H2,1-4H3/q+2. The van der Waals surface area contributed by atoms with Gasteiger partial charge >= 0.3 is 16.7 Å². The highest BCUT2D eigenvalue weighted by molar-refractivity contribution is 7.93. The van der Waals surface area contributed by atoms with Gasteiger partial charge in [0, 0.05) is 24.9 Å². The van der Waals surface area contributed by atoms with Crippen LogP contribution in [-0.4, -0.2) is 23.6 Å². The molecule has 1 aliphatic rings. The highest BCUT2D eigenvalue weighted by Gasteiger charge is 2.35. The predicted molar refractivity (Wildman–Crippen MR) is 131 cm³/mol. The Morgan fingerprint density at radius 1 is 1.24 bits per heavy atom. The molecule has 0 radical (unpaired) electrons. The van der Waals surface area contributed by atoms with E-state index in [1.54, 1.807) is 10.8 Å². The zero-order valence-corrected chi connectivity index (χ0v) is 20.4. The molecule has 0 saturated carbocycles. The van der Waals surface area contributed by atoms with E-state index in [0.29, 0.717) is 23.4 Å². The second-order valence-corrected chi connectivity index (χ2v) is 8.24. The summed E-state index contributed by atoms with van der Waals surface area (Å²) in [6, 6.07) is 13.5. The number of aryl methyl sites for hydroxylation is 1. The molecule has 0 unspecified atom stereocenters. The molecule has 0 bridgehead atoms. The fourth-order valence-corrected chi connectivity index (χ4v) is 4.05. The SMILES string of the molecule is CCC(/C=C1\Oc2ccc(C)cc2N1CC)=C\c1oc2ccccc2[n+]1CC(=O)[N+](=O)OSC. The number of ether oxygens (including phenoxy) is 1. The van der Waals surface area contributed by atoms with Crippen molar-refractivity contribution in [1.82, 2.24) is 0 Å². The number of hydrogen-bond acceptors (Lipinski definition) is 7. The van der Waals surface area contributed by atoms with Crippen LogP contribution in [0.25, 0.3) is 17.2 Å². The minimum atomic E-state index is -0.737. The normalized spacial score (nSPS) is 14.4. The van der Waals surface area contributed by atoms with E-state index in [0.717, 1.165) is 41.5 Å². The van der Waals surface area contributed by atoms with Crippen molar-refractivity contribution in [2.24, 2.45) is 0 Å². The van der Waals surface area contributed by atoms with Crippen LogP contribution in [0.5, 0.6) is 5.75 Å². The van der Waals surface area contributed by atoms with Crippen LogP contribution in [0.2, 0.25) is 0 Å². The maximum Gasteiger partial charge on any atom is 0.556 e. The van der Waals surface area contributed by atoms with Crippen molar-refractivity contribution in [1.29, 1.82) is 0 Å². The molecule has 0 aliphatic carbocycles. The summed E-state index contributed by atoms with van der Waals surface area (Å²) in [7, 11) is 0. The molecule has 34 heavy (non-hydrogen) atoms. The van der Waals surface area contributed by atoms with Crippen LogP contribution in [0.1, 0.15) is 31.7 Å². The summed E-state index contributed by atoms with van der Waals surface area (Å²) in [6.45, 7) is 6.71. The smallest absolute Gasteiger partial charge is 0.439 e. The topological polar surface area (TPSA) is 75.9 Å². The first kappa shape index (κ1) is 23.6. The third-order valence-corrected chi connectivity index (χ3v) is 5.79. The van der Waals surface area contributed by atoms with Crippen molar-refractivity contribution < 1.29 is 27.7 Å². The molecule has 1 aromatic heterocycles. The Kier molecular flexibility index (Phi) is 7.02. The van der Waals surface area contributed by atoms with E-state index in [-0.39, 0.29) is 11.5 Å². The average molecular weight is 482 g/mol. The number of allylic oxidation sites excluding steroid dienone is 2. The molecule has 3 aromatic rings. The molecule has 8 nitrogen and oxygen atoms in total. The Morgan fingerprint density at radius 2 is 2.03 bits per heavy atom. The first-order valence-corrected chi connectivity index (χ1v) is 12.2. The number of carbonyl (C=O) groups excluding carboxylic acids is 1. The summed E-state index contributed by atoms with van der Waals surface area (Å²) in [5.74, 6) is 1.27. The zero-order valence-electron chi connectivity index (χ0n) is 19.6. The third kappa shape index (κ3) is 4.70. The number of rotatable bonds is 8. The lowest BCUT2D eigenvalue weighted by Gasteiger charge is -2.16. The highest BCUT2D eigenvalue weighted by atomic mass is 32.2. The number of oxazole rings is 1. The molecule has 1 aliphatic heterocycles. The van der Waals surface area contributed by atoms with Crippen LogP contribution < -0.4 is 14.2 Å². The number of hydrogen-bond donors (Lipinski definition) is 0. The van der Waals surface area contributed by atoms with Crippen LogP contribution in [0, 0.1) is 11.8 Å². The maximum atomic E-state index is 12.4. The molecule has 0 fully saturated rings. The van der Waals surface area contributed by atoms with E-state index in [1.165, 1.54) is 5.56 Å². The summed E-state index contributed by atoms with van der Waals surface area (Å²) in [5.41, 5.74) is 4.47. The number of para-hydroxylation sites is 2. The van der Waals surface area contributed by atoms with Gasteiger partial charge in [0.2, 0.25) is 11.5 Å². The number of benzene rings is 2. The average Bonchev–Trinajstić information content (AvgIpc) is 3.35. The summed E-state index contributed by atoms with van der Waals surface area (Å²) < 4.78 is 18.6. The molecule has 2 heterocycles. The molecule has 176 valence electrons.